The molecule has 4 N–H and O–H groups in total. The highest BCUT2D eigenvalue weighted by Crippen LogP contribution is 2.32. The highest BCUT2D eigenvalue weighted by atomic mass is 35.5. The van der Waals surface area contributed by atoms with E-state index < -0.39 is 5.57 Å². The summed E-state index contributed by atoms with van der Waals surface area (Å²) in [6.45, 7) is 2.31. The Morgan fingerprint density at radius 3 is 2.78 bits per heavy atom. The molecule has 2 aromatic rings. The van der Waals surface area contributed by atoms with Crippen molar-refractivity contribution in [3.05, 3.63) is 47.7 Å². The van der Waals surface area contributed by atoms with Crippen molar-refractivity contribution < 1.29 is 18.3 Å². The largest absolute Gasteiger partial charge is 0.487 e. The molecule has 1 aromatic heterocycles. The van der Waals surface area contributed by atoms with Gasteiger partial charge in [-0.25, -0.2) is 4.98 Å². The van der Waals surface area contributed by atoms with E-state index in [0.29, 0.717) is 30.1 Å². The highest BCUT2D eigenvalue weighted by molar-refractivity contribution is 6.20. The van der Waals surface area contributed by atoms with E-state index in [0.717, 1.165) is 30.9 Å². The normalized spacial score (nSPS) is 20.3. The van der Waals surface area contributed by atoms with E-state index in [1.54, 1.807) is 6.21 Å². The number of ether oxygens (including phenoxy) is 1. The lowest BCUT2D eigenvalue weighted by Crippen LogP contribution is -2.27. The van der Waals surface area contributed by atoms with Gasteiger partial charge < -0.3 is 26.1 Å². The van der Waals surface area contributed by atoms with E-state index in [2.05, 4.69) is 30.5 Å². The molecule has 1 fully saturated rings. The zero-order valence-electron chi connectivity index (χ0n) is 17.1. The van der Waals surface area contributed by atoms with Crippen LogP contribution in [0.25, 0.3) is 0 Å². The number of rotatable bonds is 7. The SMILES string of the molecule is NC[C@@H]1CCN(c2ncc(C(=O)Nc3ccc(OC(F)(F)Cl)cc3)cc2C2CC=NN2)C1. The van der Waals surface area contributed by atoms with Crippen molar-refractivity contribution >= 4 is 35.2 Å². The topological polar surface area (TPSA) is 105 Å². The van der Waals surface area contributed by atoms with Crippen molar-refractivity contribution in [2.75, 3.05) is 29.9 Å². The molecule has 8 nitrogen and oxygen atoms in total. The van der Waals surface area contributed by atoms with Gasteiger partial charge in [0.05, 0.1) is 11.6 Å². The Morgan fingerprint density at radius 1 is 1.38 bits per heavy atom. The number of anilines is 2. The molecule has 0 saturated carbocycles. The van der Waals surface area contributed by atoms with Crippen LogP contribution in [-0.4, -0.2) is 42.3 Å². The number of carbonyl (C=O) groups excluding carboxylic acids is 1. The first kappa shape index (κ1) is 22.2. The molecule has 1 saturated heterocycles. The second kappa shape index (κ2) is 9.25. The molecule has 1 amide bonds. The smallest absolute Gasteiger partial charge is 0.420 e. The molecule has 0 spiro atoms. The van der Waals surface area contributed by atoms with E-state index in [4.69, 9.17) is 17.3 Å². The molecule has 3 heterocycles. The van der Waals surface area contributed by atoms with Crippen LogP contribution in [-0.2, 0) is 0 Å². The van der Waals surface area contributed by atoms with E-state index in [-0.39, 0.29) is 17.7 Å². The van der Waals surface area contributed by atoms with Crippen molar-refractivity contribution in [1.82, 2.24) is 10.4 Å². The number of hydrogen-bond acceptors (Lipinski definition) is 7. The first-order valence-electron chi connectivity index (χ1n) is 10.2. The summed E-state index contributed by atoms with van der Waals surface area (Å²) in [5.74, 6) is 0.752. The predicted octanol–water partition coefficient (Wildman–Crippen LogP) is 3.31. The van der Waals surface area contributed by atoms with E-state index in [1.165, 1.54) is 30.5 Å². The van der Waals surface area contributed by atoms with Gasteiger partial charge in [0.25, 0.3) is 5.91 Å². The lowest BCUT2D eigenvalue weighted by molar-refractivity contribution is -0.0964. The summed E-state index contributed by atoms with van der Waals surface area (Å²) in [5.41, 5.74) is 6.77. The molecule has 0 aliphatic carbocycles. The minimum absolute atomic E-state index is 0.0733. The molecule has 0 bridgehead atoms. The van der Waals surface area contributed by atoms with Gasteiger partial charge in [-0.1, -0.05) is 0 Å². The fourth-order valence-corrected chi connectivity index (χ4v) is 3.92. The maximum absolute atomic E-state index is 12.8. The number of alkyl halides is 3. The van der Waals surface area contributed by atoms with Gasteiger partial charge in [0.2, 0.25) is 0 Å². The number of benzene rings is 1. The lowest BCUT2D eigenvalue weighted by Gasteiger charge is -2.24. The number of nitrogens with one attached hydrogen (secondary N) is 2. The molecular formula is C21H23ClF2N6O2. The minimum Gasteiger partial charge on any atom is -0.420 e. The number of nitrogens with zero attached hydrogens (tertiary/aromatic N) is 3. The average Bonchev–Trinajstić information content (AvgIpc) is 3.46. The van der Waals surface area contributed by atoms with Crippen molar-refractivity contribution in [3.8, 4) is 5.75 Å². The van der Waals surface area contributed by atoms with Gasteiger partial charge in [0.15, 0.2) is 0 Å². The summed E-state index contributed by atoms with van der Waals surface area (Å²) < 4.78 is 29.7. The molecule has 1 aromatic carbocycles. The fraction of sp³-hybridized carbons (Fsp3) is 0.381. The second-order valence-corrected chi connectivity index (χ2v) is 8.17. The molecule has 2 aliphatic rings. The summed E-state index contributed by atoms with van der Waals surface area (Å²) in [6.07, 6.45) is 5.03. The Labute approximate surface area is 188 Å². The van der Waals surface area contributed by atoms with Gasteiger partial charge in [-0.2, -0.15) is 5.10 Å². The maximum Gasteiger partial charge on any atom is 0.487 e. The Hall–Kier alpha value is -2.98. The van der Waals surface area contributed by atoms with Crippen LogP contribution >= 0.6 is 11.6 Å². The number of carbonyl (C=O) groups is 1. The summed E-state index contributed by atoms with van der Waals surface area (Å²) >= 11 is 4.76. The van der Waals surface area contributed by atoms with Crippen molar-refractivity contribution in [2.45, 2.75) is 24.5 Å². The Morgan fingerprint density at radius 2 is 2.16 bits per heavy atom. The van der Waals surface area contributed by atoms with Crippen LogP contribution in [0.5, 0.6) is 5.75 Å². The Kier molecular flexibility index (Phi) is 6.43. The third-order valence-electron chi connectivity index (χ3n) is 5.46. The van der Waals surface area contributed by atoms with Gasteiger partial charge >= 0.3 is 5.57 Å². The quantitative estimate of drug-likeness (QED) is 0.543. The highest BCUT2D eigenvalue weighted by Gasteiger charge is 2.29. The molecule has 11 heteroatoms. The molecule has 2 aliphatic heterocycles. The summed E-state index contributed by atoms with van der Waals surface area (Å²) in [4.78, 5) is 19.6. The summed E-state index contributed by atoms with van der Waals surface area (Å²) in [7, 11) is 0. The monoisotopic (exact) mass is 464 g/mol. The third-order valence-corrected chi connectivity index (χ3v) is 5.54. The third kappa shape index (κ3) is 5.25. The number of aromatic nitrogens is 1. The maximum atomic E-state index is 12.8. The van der Waals surface area contributed by atoms with Crippen LogP contribution in [0.4, 0.5) is 20.3 Å². The zero-order chi connectivity index (χ0) is 22.7. The standard InChI is InChI=1S/C21H23ClF2N6O2/c22-21(23,24)32-16-3-1-15(2-4-16)28-20(31)14-9-17(18-5-7-27-29-18)19(26-11-14)30-8-6-13(10-25)12-30/h1-4,7,9,11,13,18,29H,5-6,8,10,12,25H2,(H,28,31)/t13-,18?/m0/s1. The molecule has 1 unspecified atom stereocenters. The predicted molar refractivity (Wildman–Crippen MR) is 118 cm³/mol. The van der Waals surface area contributed by atoms with Crippen molar-refractivity contribution in [1.29, 1.82) is 0 Å². The second-order valence-electron chi connectivity index (χ2n) is 7.73. The molecule has 32 heavy (non-hydrogen) atoms. The number of amides is 1. The number of nitrogens with two attached hydrogens (primary N) is 1. The van der Waals surface area contributed by atoms with Gasteiger partial charge in [-0.3, -0.25) is 4.79 Å². The summed E-state index contributed by atoms with van der Waals surface area (Å²) in [6, 6.07) is 7.21. The zero-order valence-corrected chi connectivity index (χ0v) is 17.9. The van der Waals surface area contributed by atoms with Gasteiger partial charge in [0, 0.05) is 54.8 Å². The van der Waals surface area contributed by atoms with Crippen LogP contribution in [0.1, 0.15) is 34.8 Å². The van der Waals surface area contributed by atoms with E-state index in [9.17, 15) is 13.6 Å². The van der Waals surface area contributed by atoms with E-state index >= 15 is 0 Å². The number of hydrogen-bond donors (Lipinski definition) is 3. The van der Waals surface area contributed by atoms with Crippen LogP contribution in [0, 0.1) is 5.92 Å². The summed E-state index contributed by atoms with van der Waals surface area (Å²) in [5, 5.41) is 6.83. The first-order valence-corrected chi connectivity index (χ1v) is 10.6. The fourth-order valence-electron chi connectivity index (χ4n) is 3.83. The van der Waals surface area contributed by atoms with E-state index in [1.807, 2.05) is 6.07 Å². The van der Waals surface area contributed by atoms with Crippen LogP contribution in [0.15, 0.2) is 41.6 Å². The average molecular weight is 465 g/mol. The lowest BCUT2D eigenvalue weighted by atomic mass is 10.0. The van der Waals surface area contributed by atoms with Gasteiger partial charge in [-0.15, -0.1) is 8.78 Å². The Bertz CT molecular complexity index is 991. The minimum atomic E-state index is -3.80. The molecule has 4 rings (SSSR count). The Balaban J connectivity index is 1.51. The number of hydrazone groups is 1. The van der Waals surface area contributed by atoms with Crippen LogP contribution in [0.3, 0.4) is 0 Å². The van der Waals surface area contributed by atoms with Crippen molar-refractivity contribution in [2.24, 2.45) is 16.8 Å². The van der Waals surface area contributed by atoms with Crippen LogP contribution in [0.2, 0.25) is 0 Å². The molecule has 170 valence electrons. The van der Waals surface area contributed by atoms with Gasteiger partial charge in [0.1, 0.15) is 11.6 Å². The number of halogens is 3. The first-order chi connectivity index (χ1) is 15.3. The molecular weight excluding hydrogens is 442 g/mol. The van der Waals surface area contributed by atoms with Crippen LogP contribution < -0.4 is 26.1 Å². The number of pyridine rings is 1. The van der Waals surface area contributed by atoms with Gasteiger partial charge in [-0.05, 0) is 49.2 Å². The molecule has 2 atom stereocenters. The van der Waals surface area contributed by atoms with Crippen molar-refractivity contribution in [3.63, 3.8) is 0 Å². The molecule has 0 radical (unpaired) electrons.